The summed E-state index contributed by atoms with van der Waals surface area (Å²) in [5, 5.41) is 18.2. The number of para-hydroxylation sites is 1. The lowest BCUT2D eigenvalue weighted by Gasteiger charge is -2.17. The highest BCUT2D eigenvalue weighted by Gasteiger charge is 2.25. The van der Waals surface area contributed by atoms with Gasteiger partial charge in [-0.1, -0.05) is 50.8 Å². The quantitative estimate of drug-likeness (QED) is 0.438. The van der Waals surface area contributed by atoms with E-state index in [4.69, 9.17) is 0 Å². The van der Waals surface area contributed by atoms with Gasteiger partial charge >= 0.3 is 5.69 Å². The zero-order valence-electron chi connectivity index (χ0n) is 15.1. The van der Waals surface area contributed by atoms with Crippen molar-refractivity contribution in [1.29, 1.82) is 0 Å². The van der Waals surface area contributed by atoms with Gasteiger partial charge in [-0.2, -0.15) is 0 Å². The Morgan fingerprint density at radius 3 is 2.50 bits per heavy atom. The Balaban J connectivity index is 1.89. The summed E-state index contributed by atoms with van der Waals surface area (Å²) in [7, 11) is 0. The standard InChI is InChI=1S/C19H25N5O2/c1-2-14-9-7-8-12-16(14)23-19-17(24(25)26)18(20-13-21-19)22-15-10-5-3-4-6-11-15/h7-9,12-13,15H,2-6,10-11H2,1H3,(H2,20,21,22,23). The molecule has 0 bridgehead atoms. The van der Waals surface area contributed by atoms with Crippen LogP contribution in [0, 0.1) is 10.1 Å². The SMILES string of the molecule is CCc1ccccc1Nc1ncnc(NC2CCCCCC2)c1[N+](=O)[O-]. The lowest BCUT2D eigenvalue weighted by Crippen LogP contribution is -2.20. The molecule has 0 atom stereocenters. The van der Waals surface area contributed by atoms with Crippen LogP contribution in [0.1, 0.15) is 51.0 Å². The number of aromatic nitrogens is 2. The average molecular weight is 355 g/mol. The van der Waals surface area contributed by atoms with Gasteiger partial charge in [-0.15, -0.1) is 0 Å². The summed E-state index contributed by atoms with van der Waals surface area (Å²) in [6, 6.07) is 7.99. The van der Waals surface area contributed by atoms with Gasteiger partial charge in [-0.05, 0) is 30.9 Å². The van der Waals surface area contributed by atoms with Crippen LogP contribution in [0.25, 0.3) is 0 Å². The maximum atomic E-state index is 11.7. The van der Waals surface area contributed by atoms with Crippen molar-refractivity contribution in [3.63, 3.8) is 0 Å². The molecule has 1 saturated carbocycles. The van der Waals surface area contributed by atoms with Crippen LogP contribution in [0.3, 0.4) is 0 Å². The Morgan fingerprint density at radius 2 is 1.81 bits per heavy atom. The Labute approximate surface area is 153 Å². The van der Waals surface area contributed by atoms with Crippen LogP contribution in [-0.2, 0) is 6.42 Å². The molecule has 1 fully saturated rings. The highest BCUT2D eigenvalue weighted by Crippen LogP contribution is 2.33. The number of hydrogen-bond donors (Lipinski definition) is 2. The van der Waals surface area contributed by atoms with Gasteiger partial charge in [0.15, 0.2) is 0 Å². The van der Waals surface area contributed by atoms with Crippen molar-refractivity contribution < 1.29 is 4.92 Å². The number of benzene rings is 1. The maximum absolute atomic E-state index is 11.7. The molecule has 0 amide bonds. The molecule has 1 heterocycles. The predicted molar refractivity (Wildman–Crippen MR) is 103 cm³/mol. The average Bonchev–Trinajstić information content (AvgIpc) is 2.91. The molecule has 0 aliphatic heterocycles. The molecule has 7 nitrogen and oxygen atoms in total. The van der Waals surface area contributed by atoms with E-state index in [9.17, 15) is 10.1 Å². The number of nitro groups is 1. The molecular formula is C19H25N5O2. The summed E-state index contributed by atoms with van der Waals surface area (Å²) in [6.45, 7) is 2.05. The topological polar surface area (TPSA) is 93.0 Å². The van der Waals surface area contributed by atoms with Crippen LogP contribution >= 0.6 is 0 Å². The zero-order valence-corrected chi connectivity index (χ0v) is 15.1. The molecule has 2 aromatic rings. The Kier molecular flexibility index (Phi) is 5.99. The fraction of sp³-hybridized carbons (Fsp3) is 0.474. The monoisotopic (exact) mass is 355 g/mol. The number of nitrogens with one attached hydrogen (secondary N) is 2. The maximum Gasteiger partial charge on any atom is 0.353 e. The van der Waals surface area contributed by atoms with Gasteiger partial charge in [0.25, 0.3) is 0 Å². The molecule has 0 unspecified atom stereocenters. The van der Waals surface area contributed by atoms with Crippen molar-refractivity contribution in [2.45, 2.75) is 57.9 Å². The third-order valence-corrected chi connectivity index (χ3v) is 4.85. The molecule has 3 rings (SSSR count). The first kappa shape index (κ1) is 18.1. The van der Waals surface area contributed by atoms with Gasteiger partial charge in [0, 0.05) is 11.7 Å². The molecule has 1 aromatic carbocycles. The van der Waals surface area contributed by atoms with Crippen LogP contribution in [0.5, 0.6) is 0 Å². The van der Waals surface area contributed by atoms with Gasteiger partial charge in [0.2, 0.25) is 11.6 Å². The molecule has 7 heteroatoms. The van der Waals surface area contributed by atoms with E-state index in [2.05, 4.69) is 20.6 Å². The van der Waals surface area contributed by atoms with Crippen LogP contribution < -0.4 is 10.6 Å². The van der Waals surface area contributed by atoms with Crippen LogP contribution in [0.15, 0.2) is 30.6 Å². The van der Waals surface area contributed by atoms with Gasteiger partial charge in [-0.25, -0.2) is 9.97 Å². The van der Waals surface area contributed by atoms with Crippen LogP contribution in [0.2, 0.25) is 0 Å². The lowest BCUT2D eigenvalue weighted by molar-refractivity contribution is -0.383. The Morgan fingerprint density at radius 1 is 1.12 bits per heavy atom. The summed E-state index contributed by atoms with van der Waals surface area (Å²) < 4.78 is 0. The summed E-state index contributed by atoms with van der Waals surface area (Å²) in [5.41, 5.74) is 1.82. The van der Waals surface area contributed by atoms with Gasteiger partial charge in [-0.3, -0.25) is 10.1 Å². The van der Waals surface area contributed by atoms with E-state index in [-0.39, 0.29) is 17.5 Å². The molecule has 0 spiro atoms. The second-order valence-corrected chi connectivity index (χ2v) is 6.65. The third kappa shape index (κ3) is 4.28. The van der Waals surface area contributed by atoms with E-state index in [1.165, 1.54) is 19.2 Å². The third-order valence-electron chi connectivity index (χ3n) is 4.85. The van der Waals surface area contributed by atoms with E-state index in [0.717, 1.165) is 43.4 Å². The van der Waals surface area contributed by atoms with Crippen molar-refractivity contribution in [2.75, 3.05) is 10.6 Å². The minimum absolute atomic E-state index is 0.0948. The van der Waals surface area contributed by atoms with E-state index >= 15 is 0 Å². The van der Waals surface area contributed by atoms with E-state index in [1.807, 2.05) is 31.2 Å². The summed E-state index contributed by atoms with van der Waals surface area (Å²) in [6.07, 6.45) is 8.98. The molecular weight excluding hydrogens is 330 g/mol. The first-order valence-corrected chi connectivity index (χ1v) is 9.30. The fourth-order valence-electron chi connectivity index (χ4n) is 3.44. The normalized spacial score (nSPS) is 15.3. The summed E-state index contributed by atoms with van der Waals surface area (Å²) >= 11 is 0. The van der Waals surface area contributed by atoms with Crippen molar-refractivity contribution in [2.24, 2.45) is 0 Å². The van der Waals surface area contributed by atoms with Gasteiger partial charge in [0.1, 0.15) is 6.33 Å². The van der Waals surface area contributed by atoms with E-state index in [0.29, 0.717) is 5.82 Å². The largest absolute Gasteiger partial charge is 0.361 e. The lowest BCUT2D eigenvalue weighted by atomic mass is 10.1. The van der Waals surface area contributed by atoms with Crippen molar-refractivity contribution in [3.05, 3.63) is 46.3 Å². The minimum Gasteiger partial charge on any atom is -0.361 e. The fourth-order valence-corrected chi connectivity index (χ4v) is 3.44. The second kappa shape index (κ2) is 8.60. The molecule has 1 aliphatic carbocycles. The summed E-state index contributed by atoms with van der Waals surface area (Å²) in [4.78, 5) is 19.6. The number of aryl methyl sites for hydroxylation is 1. The molecule has 0 radical (unpaired) electrons. The molecule has 138 valence electrons. The highest BCUT2D eigenvalue weighted by molar-refractivity contribution is 5.74. The number of hydrogen-bond acceptors (Lipinski definition) is 6. The first-order chi connectivity index (χ1) is 12.7. The van der Waals surface area contributed by atoms with Crippen molar-refractivity contribution in [1.82, 2.24) is 9.97 Å². The number of rotatable bonds is 6. The van der Waals surface area contributed by atoms with Crippen molar-refractivity contribution >= 4 is 23.0 Å². The highest BCUT2D eigenvalue weighted by atomic mass is 16.6. The Hall–Kier alpha value is -2.70. The predicted octanol–water partition coefficient (Wildman–Crippen LogP) is 4.83. The molecule has 1 aromatic heterocycles. The molecule has 26 heavy (non-hydrogen) atoms. The molecule has 1 aliphatic rings. The summed E-state index contributed by atoms with van der Waals surface area (Å²) in [5.74, 6) is 0.524. The molecule has 0 saturated heterocycles. The second-order valence-electron chi connectivity index (χ2n) is 6.65. The van der Waals surface area contributed by atoms with E-state index in [1.54, 1.807) is 0 Å². The smallest absolute Gasteiger partial charge is 0.353 e. The van der Waals surface area contributed by atoms with Crippen LogP contribution in [0.4, 0.5) is 23.0 Å². The number of anilines is 3. The minimum atomic E-state index is -0.407. The van der Waals surface area contributed by atoms with E-state index < -0.39 is 4.92 Å². The van der Waals surface area contributed by atoms with Crippen LogP contribution in [-0.4, -0.2) is 20.9 Å². The van der Waals surface area contributed by atoms with Crippen molar-refractivity contribution in [3.8, 4) is 0 Å². The first-order valence-electron chi connectivity index (χ1n) is 9.30. The molecule has 2 N–H and O–H groups in total. The van der Waals surface area contributed by atoms with Gasteiger partial charge in [0.05, 0.1) is 4.92 Å². The zero-order chi connectivity index (χ0) is 18.4. The Bertz CT molecular complexity index is 757. The number of nitrogens with zero attached hydrogens (tertiary/aromatic N) is 3. The van der Waals surface area contributed by atoms with Gasteiger partial charge < -0.3 is 10.6 Å².